The van der Waals surface area contributed by atoms with Crippen LogP contribution in [-0.4, -0.2) is 31.2 Å². The van der Waals surface area contributed by atoms with Crippen molar-refractivity contribution in [1.29, 1.82) is 0 Å². The van der Waals surface area contributed by atoms with Gasteiger partial charge in [0, 0.05) is 18.8 Å². The summed E-state index contributed by atoms with van der Waals surface area (Å²) in [5, 5.41) is 6.54. The molecule has 2 heterocycles. The average molecular weight is 272 g/mol. The Morgan fingerprint density at radius 3 is 2.95 bits per heavy atom. The van der Waals surface area contributed by atoms with E-state index in [-0.39, 0.29) is 24.0 Å². The molecule has 1 aliphatic carbocycles. The van der Waals surface area contributed by atoms with Gasteiger partial charge in [0.2, 0.25) is 5.91 Å². The fourth-order valence-corrected chi connectivity index (χ4v) is 3.46. The highest BCUT2D eigenvalue weighted by molar-refractivity contribution is 5.88. The maximum atomic E-state index is 12.5. The molecule has 0 radical (unpaired) electrons. The molecule has 4 heteroatoms. The normalized spacial score (nSPS) is 31.7. The molecule has 3 aliphatic rings. The second kappa shape index (κ2) is 4.77. The van der Waals surface area contributed by atoms with Gasteiger partial charge in [-0.3, -0.25) is 4.79 Å². The molecule has 3 atom stereocenters. The van der Waals surface area contributed by atoms with Gasteiger partial charge in [-0.15, -0.1) is 0 Å². The summed E-state index contributed by atoms with van der Waals surface area (Å²) in [7, 11) is 0. The maximum Gasteiger partial charge on any atom is 0.229 e. The summed E-state index contributed by atoms with van der Waals surface area (Å²) in [5.41, 5.74) is 2.21. The third-order valence-electron chi connectivity index (χ3n) is 4.70. The number of amides is 1. The van der Waals surface area contributed by atoms with Crippen LogP contribution in [0.3, 0.4) is 0 Å². The Morgan fingerprint density at radius 1 is 1.25 bits per heavy atom. The molecule has 3 unspecified atom stereocenters. The molecule has 2 N–H and O–H groups in total. The monoisotopic (exact) mass is 272 g/mol. The number of ether oxygens (including phenoxy) is 1. The molecule has 1 aromatic rings. The highest BCUT2D eigenvalue weighted by Gasteiger charge is 2.42. The summed E-state index contributed by atoms with van der Waals surface area (Å²) in [6.07, 6.45) is 3.72. The van der Waals surface area contributed by atoms with Crippen molar-refractivity contribution in [3.05, 3.63) is 29.8 Å². The summed E-state index contributed by atoms with van der Waals surface area (Å²) in [4.78, 5) is 12.5. The van der Waals surface area contributed by atoms with Crippen LogP contribution in [0.2, 0.25) is 0 Å². The lowest BCUT2D eigenvalue weighted by molar-refractivity contribution is -0.123. The van der Waals surface area contributed by atoms with Crippen LogP contribution in [0, 0.1) is 5.92 Å². The summed E-state index contributed by atoms with van der Waals surface area (Å²) >= 11 is 0. The fourth-order valence-electron chi connectivity index (χ4n) is 3.46. The molecular formula is C16H20N2O2. The zero-order chi connectivity index (χ0) is 13.5. The summed E-state index contributed by atoms with van der Waals surface area (Å²) in [6.45, 7) is 1.48. The predicted octanol–water partition coefficient (Wildman–Crippen LogP) is 1.88. The Kier molecular flexibility index (Phi) is 2.91. The number of hydrogen-bond donors (Lipinski definition) is 2. The number of nitrogens with one attached hydrogen (secondary N) is 2. The van der Waals surface area contributed by atoms with Crippen LogP contribution in [-0.2, 0) is 9.53 Å². The lowest BCUT2D eigenvalue weighted by Gasteiger charge is -2.21. The minimum Gasteiger partial charge on any atom is -0.384 e. The van der Waals surface area contributed by atoms with E-state index < -0.39 is 0 Å². The van der Waals surface area contributed by atoms with Crippen molar-refractivity contribution in [3.63, 3.8) is 0 Å². The Bertz CT molecular complexity index is 527. The molecule has 2 fully saturated rings. The molecule has 0 spiro atoms. The maximum absolute atomic E-state index is 12.5. The Labute approximate surface area is 118 Å². The van der Waals surface area contributed by atoms with Crippen LogP contribution in [0.4, 0.5) is 5.69 Å². The van der Waals surface area contributed by atoms with Crippen LogP contribution < -0.4 is 10.6 Å². The standard InChI is InChI=1S/C16H20N2O2/c19-16(12-9-17-13-4-2-1-3-11(12)13)18-14-7-8-20-15(14)10-5-6-10/h1-4,10,12,14-15,17H,5-9H2,(H,18,19). The lowest BCUT2D eigenvalue weighted by atomic mass is 9.99. The van der Waals surface area contributed by atoms with E-state index in [1.165, 1.54) is 12.8 Å². The van der Waals surface area contributed by atoms with Gasteiger partial charge in [-0.25, -0.2) is 0 Å². The first kappa shape index (κ1) is 12.2. The second-order valence-corrected chi connectivity index (χ2v) is 6.10. The highest BCUT2D eigenvalue weighted by Crippen LogP contribution is 2.39. The summed E-state index contributed by atoms with van der Waals surface area (Å²) in [5.74, 6) is 0.757. The number of carbonyl (C=O) groups is 1. The lowest BCUT2D eigenvalue weighted by Crippen LogP contribution is -2.43. The predicted molar refractivity (Wildman–Crippen MR) is 76.7 cm³/mol. The fraction of sp³-hybridized carbons (Fsp3) is 0.562. The van der Waals surface area contributed by atoms with Crippen LogP contribution in [0.1, 0.15) is 30.7 Å². The van der Waals surface area contributed by atoms with E-state index in [1.54, 1.807) is 0 Å². The largest absolute Gasteiger partial charge is 0.384 e. The van der Waals surface area contributed by atoms with Gasteiger partial charge in [-0.1, -0.05) is 18.2 Å². The van der Waals surface area contributed by atoms with E-state index in [4.69, 9.17) is 4.74 Å². The number of rotatable bonds is 3. The number of hydrogen-bond acceptors (Lipinski definition) is 3. The Morgan fingerprint density at radius 2 is 2.10 bits per heavy atom. The van der Waals surface area contributed by atoms with Gasteiger partial charge >= 0.3 is 0 Å². The summed E-state index contributed by atoms with van der Waals surface area (Å²) in [6, 6.07) is 8.29. The smallest absolute Gasteiger partial charge is 0.229 e. The summed E-state index contributed by atoms with van der Waals surface area (Å²) < 4.78 is 5.79. The first-order valence-electron chi connectivity index (χ1n) is 7.58. The highest BCUT2D eigenvalue weighted by atomic mass is 16.5. The number of para-hydroxylation sites is 1. The van der Waals surface area contributed by atoms with Crippen molar-refractivity contribution in [2.75, 3.05) is 18.5 Å². The van der Waals surface area contributed by atoms with E-state index in [0.717, 1.165) is 24.3 Å². The van der Waals surface area contributed by atoms with Gasteiger partial charge in [0.15, 0.2) is 0 Å². The molecule has 0 bridgehead atoms. The van der Waals surface area contributed by atoms with Crippen molar-refractivity contribution < 1.29 is 9.53 Å². The van der Waals surface area contributed by atoms with Crippen LogP contribution in [0.15, 0.2) is 24.3 Å². The van der Waals surface area contributed by atoms with E-state index in [0.29, 0.717) is 12.5 Å². The number of carbonyl (C=O) groups excluding carboxylic acids is 1. The third-order valence-corrected chi connectivity index (χ3v) is 4.70. The molecule has 2 aliphatic heterocycles. The quantitative estimate of drug-likeness (QED) is 0.883. The van der Waals surface area contributed by atoms with E-state index in [2.05, 4.69) is 10.6 Å². The molecule has 1 aromatic carbocycles. The first-order valence-corrected chi connectivity index (χ1v) is 7.58. The van der Waals surface area contributed by atoms with Crippen LogP contribution in [0.5, 0.6) is 0 Å². The van der Waals surface area contributed by atoms with E-state index in [1.807, 2.05) is 24.3 Å². The molecule has 1 saturated heterocycles. The molecule has 20 heavy (non-hydrogen) atoms. The SMILES string of the molecule is O=C(NC1CCOC1C1CC1)C1CNc2ccccc21. The number of benzene rings is 1. The van der Waals surface area contributed by atoms with E-state index >= 15 is 0 Å². The van der Waals surface area contributed by atoms with Gasteiger partial charge in [-0.2, -0.15) is 0 Å². The topological polar surface area (TPSA) is 50.4 Å². The zero-order valence-corrected chi connectivity index (χ0v) is 11.5. The molecule has 4 rings (SSSR count). The number of fused-ring (bicyclic) bond motifs is 1. The van der Waals surface area contributed by atoms with Crippen molar-refractivity contribution in [1.82, 2.24) is 5.32 Å². The molecule has 106 valence electrons. The van der Waals surface area contributed by atoms with Crippen LogP contribution >= 0.6 is 0 Å². The van der Waals surface area contributed by atoms with Crippen LogP contribution in [0.25, 0.3) is 0 Å². The zero-order valence-electron chi connectivity index (χ0n) is 11.5. The molecule has 0 aromatic heterocycles. The Balaban J connectivity index is 1.46. The average Bonchev–Trinajstić information content (AvgIpc) is 3.05. The Hall–Kier alpha value is -1.55. The van der Waals surface area contributed by atoms with Gasteiger partial charge in [-0.05, 0) is 36.8 Å². The third kappa shape index (κ3) is 2.08. The molecule has 1 saturated carbocycles. The van der Waals surface area contributed by atoms with Gasteiger partial charge in [0.05, 0.1) is 18.1 Å². The van der Waals surface area contributed by atoms with Crippen molar-refractivity contribution in [3.8, 4) is 0 Å². The molecular weight excluding hydrogens is 252 g/mol. The number of anilines is 1. The van der Waals surface area contributed by atoms with Crippen molar-refractivity contribution in [2.45, 2.75) is 37.3 Å². The second-order valence-electron chi connectivity index (χ2n) is 6.10. The molecule has 4 nitrogen and oxygen atoms in total. The van der Waals surface area contributed by atoms with Gasteiger partial charge in [0.1, 0.15) is 0 Å². The van der Waals surface area contributed by atoms with Crippen molar-refractivity contribution in [2.24, 2.45) is 5.92 Å². The van der Waals surface area contributed by atoms with Gasteiger partial charge in [0.25, 0.3) is 0 Å². The minimum atomic E-state index is -0.0633. The van der Waals surface area contributed by atoms with Crippen molar-refractivity contribution >= 4 is 11.6 Å². The minimum absolute atomic E-state index is 0.0633. The molecule has 1 amide bonds. The van der Waals surface area contributed by atoms with Gasteiger partial charge < -0.3 is 15.4 Å². The first-order chi connectivity index (χ1) is 9.83. The van der Waals surface area contributed by atoms with E-state index in [9.17, 15) is 4.79 Å².